The zero-order chi connectivity index (χ0) is 30.0. The van der Waals surface area contributed by atoms with Gasteiger partial charge in [0.15, 0.2) is 4.80 Å². The molecule has 1 aliphatic rings. The molecule has 0 saturated heterocycles. The van der Waals surface area contributed by atoms with Crippen LogP contribution in [0.3, 0.4) is 0 Å². The van der Waals surface area contributed by atoms with Gasteiger partial charge in [0.1, 0.15) is 18.2 Å². The number of nitrogens with zero attached hydrogens (tertiary/aromatic N) is 2. The summed E-state index contributed by atoms with van der Waals surface area (Å²) in [6.45, 7) is 8.07. The van der Waals surface area contributed by atoms with E-state index in [0.29, 0.717) is 42.3 Å². The predicted molar refractivity (Wildman–Crippen MR) is 166 cm³/mol. The van der Waals surface area contributed by atoms with E-state index in [1.807, 2.05) is 36.4 Å². The second-order valence-corrected chi connectivity index (χ2v) is 12.1. The van der Waals surface area contributed by atoms with Gasteiger partial charge in [0.25, 0.3) is 5.56 Å². The van der Waals surface area contributed by atoms with Gasteiger partial charge in [0.2, 0.25) is 0 Å². The van der Waals surface area contributed by atoms with Crippen LogP contribution >= 0.6 is 27.3 Å². The molecule has 1 aliphatic heterocycles. The van der Waals surface area contributed by atoms with Crippen LogP contribution in [0.4, 0.5) is 4.39 Å². The average Bonchev–Trinajstić information content (AvgIpc) is 3.26. The molecule has 3 aromatic carbocycles. The van der Waals surface area contributed by atoms with Crippen LogP contribution in [-0.2, 0) is 16.1 Å². The van der Waals surface area contributed by atoms with Gasteiger partial charge in [-0.05, 0) is 76.7 Å². The summed E-state index contributed by atoms with van der Waals surface area (Å²) in [6, 6.07) is 19.2. The maximum atomic E-state index is 14.0. The van der Waals surface area contributed by atoms with Crippen molar-refractivity contribution in [2.75, 3.05) is 6.61 Å². The molecule has 2 heterocycles. The first-order valence-corrected chi connectivity index (χ1v) is 15.2. The number of benzene rings is 3. The van der Waals surface area contributed by atoms with Crippen LogP contribution in [0.5, 0.6) is 5.75 Å². The molecule has 0 saturated carbocycles. The minimum Gasteiger partial charge on any atom is -0.488 e. The van der Waals surface area contributed by atoms with Crippen molar-refractivity contribution >= 4 is 39.3 Å². The van der Waals surface area contributed by atoms with Gasteiger partial charge in [-0.1, -0.05) is 73.7 Å². The van der Waals surface area contributed by atoms with Gasteiger partial charge in [0.05, 0.1) is 32.9 Å². The highest BCUT2D eigenvalue weighted by Crippen LogP contribution is 2.32. The third kappa shape index (κ3) is 6.03. The fraction of sp³-hybridized carbons (Fsp3) is 0.242. The highest BCUT2D eigenvalue weighted by atomic mass is 79.9. The average molecular weight is 650 g/mol. The van der Waals surface area contributed by atoms with Crippen LogP contribution in [0.1, 0.15) is 61.9 Å². The Labute approximate surface area is 255 Å². The number of carbonyl (C=O) groups is 1. The molecule has 0 spiro atoms. The molecule has 0 fully saturated rings. The van der Waals surface area contributed by atoms with Gasteiger partial charge in [-0.25, -0.2) is 14.2 Å². The van der Waals surface area contributed by atoms with E-state index in [0.717, 1.165) is 16.7 Å². The number of hydrogen-bond donors (Lipinski definition) is 0. The molecule has 1 aromatic heterocycles. The van der Waals surface area contributed by atoms with Crippen molar-refractivity contribution in [2.45, 2.75) is 46.3 Å². The van der Waals surface area contributed by atoms with Gasteiger partial charge >= 0.3 is 5.97 Å². The quantitative estimate of drug-likeness (QED) is 0.207. The Kier molecular flexibility index (Phi) is 8.89. The molecular weight excluding hydrogens is 619 g/mol. The van der Waals surface area contributed by atoms with Crippen molar-refractivity contribution < 1.29 is 18.7 Å². The zero-order valence-corrected chi connectivity index (χ0v) is 26.1. The van der Waals surface area contributed by atoms with Crippen molar-refractivity contribution in [3.8, 4) is 5.75 Å². The van der Waals surface area contributed by atoms with E-state index in [2.05, 4.69) is 34.8 Å². The van der Waals surface area contributed by atoms with Gasteiger partial charge in [-0.3, -0.25) is 9.36 Å². The molecule has 1 atom stereocenters. The fourth-order valence-corrected chi connectivity index (χ4v) is 6.37. The van der Waals surface area contributed by atoms with Gasteiger partial charge in [0, 0.05) is 5.56 Å². The number of carbonyl (C=O) groups excluding carboxylic acids is 1. The summed E-state index contributed by atoms with van der Waals surface area (Å²) >= 11 is 4.80. The molecule has 5 rings (SSSR count). The normalized spacial score (nSPS) is 15.0. The number of fused-ring (bicyclic) bond motifs is 1. The van der Waals surface area contributed by atoms with Crippen LogP contribution in [0, 0.1) is 5.82 Å². The summed E-state index contributed by atoms with van der Waals surface area (Å²) in [5.41, 5.74) is 3.83. The Bertz CT molecular complexity index is 1860. The minimum atomic E-state index is -0.662. The summed E-state index contributed by atoms with van der Waals surface area (Å²) in [5, 5.41) is 0. The van der Waals surface area contributed by atoms with Gasteiger partial charge in [-0.2, -0.15) is 0 Å². The van der Waals surface area contributed by atoms with Crippen molar-refractivity contribution in [1.82, 2.24) is 4.57 Å². The standard InChI is InChI=1S/C33H30BrFN2O4S/c1-5-40-32(39)29-20(4)36-33-37(30(29)23-13-11-22(12-14-23)19(2)3)31(38)28(42-33)17-21-10-15-27(25(34)16-21)41-18-24-8-6-7-9-26(24)35/h6-17,19,30H,5,18H2,1-4H3/b28-17-/t30-/m0/s1. The predicted octanol–water partition coefficient (Wildman–Crippen LogP) is 6.40. The maximum absolute atomic E-state index is 14.0. The molecule has 6 nitrogen and oxygen atoms in total. The van der Waals surface area contributed by atoms with E-state index in [1.54, 1.807) is 48.8 Å². The van der Waals surface area contributed by atoms with Crippen LogP contribution in [-0.4, -0.2) is 17.1 Å². The molecule has 4 aromatic rings. The van der Waals surface area contributed by atoms with E-state index < -0.39 is 12.0 Å². The van der Waals surface area contributed by atoms with E-state index >= 15 is 0 Å². The van der Waals surface area contributed by atoms with Crippen molar-refractivity contribution in [3.63, 3.8) is 0 Å². The summed E-state index contributed by atoms with van der Waals surface area (Å²) in [6.07, 6.45) is 1.79. The number of rotatable bonds is 8. The third-order valence-electron chi connectivity index (χ3n) is 7.03. The Morgan fingerprint density at radius 1 is 1.14 bits per heavy atom. The highest BCUT2D eigenvalue weighted by molar-refractivity contribution is 9.10. The summed E-state index contributed by atoms with van der Waals surface area (Å²) < 4.78 is 27.9. The smallest absolute Gasteiger partial charge is 0.338 e. The lowest BCUT2D eigenvalue weighted by atomic mass is 9.93. The minimum absolute atomic E-state index is 0.0868. The Morgan fingerprint density at radius 3 is 2.55 bits per heavy atom. The van der Waals surface area contributed by atoms with Gasteiger partial charge in [-0.15, -0.1) is 0 Å². The fourth-order valence-electron chi connectivity index (χ4n) is 4.82. The molecule has 0 N–H and O–H groups in total. The Morgan fingerprint density at radius 2 is 1.88 bits per heavy atom. The van der Waals surface area contributed by atoms with E-state index in [1.165, 1.54) is 17.4 Å². The topological polar surface area (TPSA) is 69.9 Å². The SMILES string of the molecule is CCOC(=O)C1=C(C)N=c2s/c(=C\c3ccc(OCc4ccccc4F)c(Br)c3)c(=O)n2[C@H]1c1ccc(C(C)C)cc1. The first kappa shape index (κ1) is 29.7. The lowest BCUT2D eigenvalue weighted by Crippen LogP contribution is -2.39. The number of thiazole rings is 1. The zero-order valence-electron chi connectivity index (χ0n) is 23.7. The van der Waals surface area contributed by atoms with Crippen LogP contribution in [0.15, 0.2) is 92.3 Å². The number of ether oxygens (including phenoxy) is 2. The maximum Gasteiger partial charge on any atom is 0.338 e. The number of halogens is 2. The van der Waals surface area contributed by atoms with Crippen LogP contribution in [0.2, 0.25) is 0 Å². The first-order valence-electron chi connectivity index (χ1n) is 13.6. The first-order chi connectivity index (χ1) is 20.2. The molecule has 216 valence electrons. The lowest BCUT2D eigenvalue weighted by molar-refractivity contribution is -0.139. The second kappa shape index (κ2) is 12.6. The molecule has 9 heteroatoms. The largest absolute Gasteiger partial charge is 0.488 e. The molecule has 0 amide bonds. The number of esters is 1. The number of allylic oxidation sites excluding steroid dienone is 1. The number of hydrogen-bond acceptors (Lipinski definition) is 6. The van der Waals surface area contributed by atoms with Crippen LogP contribution < -0.4 is 19.6 Å². The third-order valence-corrected chi connectivity index (χ3v) is 8.63. The monoisotopic (exact) mass is 648 g/mol. The van der Waals surface area contributed by atoms with Crippen molar-refractivity contribution in [2.24, 2.45) is 4.99 Å². The highest BCUT2D eigenvalue weighted by Gasteiger charge is 2.33. The van der Waals surface area contributed by atoms with Crippen molar-refractivity contribution in [1.29, 1.82) is 0 Å². The lowest BCUT2D eigenvalue weighted by Gasteiger charge is -2.25. The molecular formula is C33H30BrFN2O4S. The summed E-state index contributed by atoms with van der Waals surface area (Å²) in [7, 11) is 0. The number of aromatic nitrogens is 1. The molecule has 0 aliphatic carbocycles. The summed E-state index contributed by atoms with van der Waals surface area (Å²) in [5.74, 6) is 0.0897. The second-order valence-electron chi connectivity index (χ2n) is 10.2. The van der Waals surface area contributed by atoms with Crippen LogP contribution in [0.25, 0.3) is 6.08 Å². The van der Waals surface area contributed by atoms with E-state index in [-0.39, 0.29) is 24.6 Å². The summed E-state index contributed by atoms with van der Waals surface area (Å²) in [4.78, 5) is 32.2. The Hall–Kier alpha value is -3.82. The van der Waals surface area contributed by atoms with E-state index in [4.69, 9.17) is 9.47 Å². The van der Waals surface area contributed by atoms with Gasteiger partial charge < -0.3 is 9.47 Å². The van der Waals surface area contributed by atoms with Crippen molar-refractivity contribution in [3.05, 3.63) is 130 Å². The van der Waals surface area contributed by atoms with E-state index in [9.17, 15) is 14.0 Å². The Balaban J connectivity index is 1.53. The molecule has 42 heavy (non-hydrogen) atoms. The molecule has 0 bridgehead atoms. The molecule has 0 unspecified atom stereocenters. The molecule has 0 radical (unpaired) electrons.